The summed E-state index contributed by atoms with van der Waals surface area (Å²) in [6.07, 6.45) is 1.41. The van der Waals surface area contributed by atoms with Gasteiger partial charge in [-0.2, -0.15) is 4.98 Å². The maximum absolute atomic E-state index is 13.6. The van der Waals surface area contributed by atoms with Crippen molar-refractivity contribution in [2.45, 2.75) is 0 Å². The summed E-state index contributed by atoms with van der Waals surface area (Å²) in [6.45, 7) is 0. The Balaban J connectivity index is 2.48. The van der Waals surface area contributed by atoms with Gasteiger partial charge < -0.3 is 10.1 Å². The van der Waals surface area contributed by atoms with Gasteiger partial charge in [0.2, 0.25) is 17.6 Å². The van der Waals surface area contributed by atoms with Gasteiger partial charge in [-0.15, -0.1) is 0 Å². The SMILES string of the molecule is CNc1ncc(Br)c(Oc2cc(F)c(Br)cc2[N+](=O)[O-])n1. The highest BCUT2D eigenvalue weighted by Crippen LogP contribution is 2.37. The second kappa shape index (κ2) is 6.31. The van der Waals surface area contributed by atoms with Crippen molar-refractivity contribution in [1.82, 2.24) is 9.97 Å². The van der Waals surface area contributed by atoms with Crippen LogP contribution in [0.5, 0.6) is 11.6 Å². The molecule has 1 aromatic carbocycles. The van der Waals surface area contributed by atoms with E-state index in [-0.39, 0.29) is 27.7 Å². The zero-order chi connectivity index (χ0) is 15.6. The molecule has 10 heteroatoms. The van der Waals surface area contributed by atoms with E-state index in [9.17, 15) is 14.5 Å². The molecule has 0 unspecified atom stereocenters. The Labute approximate surface area is 135 Å². The van der Waals surface area contributed by atoms with Gasteiger partial charge in [-0.1, -0.05) is 0 Å². The molecule has 0 amide bonds. The zero-order valence-corrected chi connectivity index (χ0v) is 13.6. The third-order valence-electron chi connectivity index (χ3n) is 2.34. The summed E-state index contributed by atoms with van der Waals surface area (Å²) in [5.41, 5.74) is -0.389. The Kier molecular flexibility index (Phi) is 4.68. The van der Waals surface area contributed by atoms with Crippen LogP contribution >= 0.6 is 31.9 Å². The molecule has 0 radical (unpaired) electrons. The third kappa shape index (κ3) is 3.45. The van der Waals surface area contributed by atoms with E-state index in [1.165, 1.54) is 6.20 Å². The molecular weight excluding hydrogens is 415 g/mol. The minimum Gasteiger partial charge on any atom is -0.430 e. The van der Waals surface area contributed by atoms with Crippen LogP contribution in [0.2, 0.25) is 0 Å². The molecule has 0 saturated carbocycles. The largest absolute Gasteiger partial charge is 0.430 e. The summed E-state index contributed by atoms with van der Waals surface area (Å²) < 4.78 is 19.3. The van der Waals surface area contributed by atoms with Gasteiger partial charge in [-0.05, 0) is 31.9 Å². The van der Waals surface area contributed by atoms with Crippen LogP contribution < -0.4 is 10.1 Å². The van der Waals surface area contributed by atoms with Crippen molar-refractivity contribution in [3.63, 3.8) is 0 Å². The smallest absolute Gasteiger partial charge is 0.312 e. The Morgan fingerprint density at radius 2 is 2.10 bits per heavy atom. The van der Waals surface area contributed by atoms with Gasteiger partial charge in [-0.25, -0.2) is 9.37 Å². The molecule has 7 nitrogen and oxygen atoms in total. The van der Waals surface area contributed by atoms with Crippen LogP contribution in [0.1, 0.15) is 0 Å². The average molecular weight is 422 g/mol. The van der Waals surface area contributed by atoms with Crippen LogP contribution in [0.4, 0.5) is 16.0 Å². The van der Waals surface area contributed by atoms with E-state index in [1.54, 1.807) is 7.05 Å². The molecule has 21 heavy (non-hydrogen) atoms. The number of benzene rings is 1. The van der Waals surface area contributed by atoms with E-state index in [0.29, 0.717) is 4.47 Å². The van der Waals surface area contributed by atoms with Crippen molar-refractivity contribution in [1.29, 1.82) is 0 Å². The number of nitro groups is 1. The highest BCUT2D eigenvalue weighted by Gasteiger charge is 2.21. The molecule has 1 N–H and O–H groups in total. The van der Waals surface area contributed by atoms with Crippen molar-refractivity contribution in [3.8, 4) is 11.6 Å². The summed E-state index contributed by atoms with van der Waals surface area (Å²) in [5.74, 6) is -0.663. The van der Waals surface area contributed by atoms with Crippen LogP contribution in [0.3, 0.4) is 0 Å². The third-order valence-corrected chi connectivity index (χ3v) is 3.49. The molecule has 0 saturated heterocycles. The predicted molar refractivity (Wildman–Crippen MR) is 80.1 cm³/mol. The average Bonchev–Trinajstić information content (AvgIpc) is 2.44. The second-order valence-corrected chi connectivity index (χ2v) is 5.40. The number of rotatable bonds is 4. The van der Waals surface area contributed by atoms with Crippen molar-refractivity contribution >= 4 is 43.5 Å². The summed E-state index contributed by atoms with van der Waals surface area (Å²) >= 11 is 6.05. The first kappa shape index (κ1) is 15.6. The molecule has 110 valence electrons. The van der Waals surface area contributed by atoms with Gasteiger partial charge in [0, 0.05) is 19.2 Å². The van der Waals surface area contributed by atoms with Crippen molar-refractivity contribution in [3.05, 3.63) is 43.2 Å². The molecule has 0 atom stereocenters. The zero-order valence-electron chi connectivity index (χ0n) is 10.4. The fraction of sp³-hybridized carbons (Fsp3) is 0.0909. The maximum Gasteiger partial charge on any atom is 0.312 e. The number of hydrogen-bond acceptors (Lipinski definition) is 6. The van der Waals surface area contributed by atoms with Crippen LogP contribution in [-0.4, -0.2) is 21.9 Å². The number of hydrogen-bond donors (Lipinski definition) is 1. The van der Waals surface area contributed by atoms with Gasteiger partial charge in [0.1, 0.15) is 5.82 Å². The second-order valence-electron chi connectivity index (χ2n) is 3.69. The first-order valence-corrected chi connectivity index (χ1v) is 7.02. The molecule has 0 bridgehead atoms. The maximum atomic E-state index is 13.6. The summed E-state index contributed by atoms with van der Waals surface area (Å²) in [7, 11) is 1.61. The lowest BCUT2D eigenvalue weighted by molar-refractivity contribution is -0.385. The molecule has 0 spiro atoms. The van der Waals surface area contributed by atoms with E-state index in [2.05, 4.69) is 47.1 Å². The molecule has 0 fully saturated rings. The number of nitrogens with one attached hydrogen (secondary N) is 1. The fourth-order valence-electron chi connectivity index (χ4n) is 1.39. The molecule has 0 aliphatic rings. The number of anilines is 1. The lowest BCUT2D eigenvalue weighted by Crippen LogP contribution is -2.00. The van der Waals surface area contributed by atoms with Gasteiger partial charge in [0.15, 0.2) is 0 Å². The molecule has 2 aromatic rings. The molecule has 2 rings (SSSR count). The Hall–Kier alpha value is -1.81. The number of aromatic nitrogens is 2. The normalized spacial score (nSPS) is 10.3. The topological polar surface area (TPSA) is 90.2 Å². The predicted octanol–water partition coefficient (Wildman–Crippen LogP) is 3.88. The Morgan fingerprint density at radius 1 is 1.38 bits per heavy atom. The standard InChI is InChI=1S/C11H7Br2FN4O3/c1-15-11-16-4-6(13)10(17-11)21-9-3-7(14)5(12)2-8(9)18(19)20/h2-4H,1H3,(H,15,16,17). The Bertz CT molecular complexity index is 714. The highest BCUT2D eigenvalue weighted by atomic mass is 79.9. The molecule has 0 aliphatic carbocycles. The first-order chi connectivity index (χ1) is 9.92. The summed E-state index contributed by atoms with van der Waals surface area (Å²) in [5, 5.41) is 13.7. The van der Waals surface area contributed by atoms with Crippen LogP contribution in [0, 0.1) is 15.9 Å². The number of ether oxygens (including phenoxy) is 1. The van der Waals surface area contributed by atoms with E-state index in [4.69, 9.17) is 4.74 Å². The summed E-state index contributed by atoms with van der Waals surface area (Å²) in [4.78, 5) is 18.3. The van der Waals surface area contributed by atoms with Gasteiger partial charge >= 0.3 is 5.69 Å². The minimum atomic E-state index is -0.686. The van der Waals surface area contributed by atoms with E-state index in [0.717, 1.165) is 12.1 Å². The lowest BCUT2D eigenvalue weighted by atomic mass is 10.3. The number of nitrogens with zero attached hydrogens (tertiary/aromatic N) is 3. The quantitative estimate of drug-likeness (QED) is 0.595. The minimum absolute atomic E-state index is 0.0270. The van der Waals surface area contributed by atoms with Crippen LogP contribution in [0.25, 0.3) is 0 Å². The van der Waals surface area contributed by atoms with Crippen molar-refractivity contribution < 1.29 is 14.1 Å². The monoisotopic (exact) mass is 420 g/mol. The van der Waals surface area contributed by atoms with Gasteiger partial charge in [-0.3, -0.25) is 10.1 Å². The lowest BCUT2D eigenvalue weighted by Gasteiger charge is -2.09. The van der Waals surface area contributed by atoms with Crippen LogP contribution in [-0.2, 0) is 0 Å². The number of halogens is 3. The van der Waals surface area contributed by atoms with Crippen molar-refractivity contribution in [2.75, 3.05) is 12.4 Å². The van der Waals surface area contributed by atoms with Gasteiger partial charge in [0.25, 0.3) is 0 Å². The van der Waals surface area contributed by atoms with E-state index < -0.39 is 10.7 Å². The molecular formula is C11H7Br2FN4O3. The van der Waals surface area contributed by atoms with E-state index >= 15 is 0 Å². The highest BCUT2D eigenvalue weighted by molar-refractivity contribution is 9.10. The van der Waals surface area contributed by atoms with Gasteiger partial charge in [0.05, 0.1) is 20.1 Å². The molecule has 0 aliphatic heterocycles. The van der Waals surface area contributed by atoms with Crippen molar-refractivity contribution in [2.24, 2.45) is 0 Å². The van der Waals surface area contributed by atoms with Crippen LogP contribution in [0.15, 0.2) is 27.3 Å². The Morgan fingerprint density at radius 3 is 2.71 bits per heavy atom. The van der Waals surface area contributed by atoms with E-state index in [1.807, 2.05) is 0 Å². The first-order valence-electron chi connectivity index (χ1n) is 5.44. The molecule has 1 aromatic heterocycles. The summed E-state index contributed by atoms with van der Waals surface area (Å²) in [6, 6.07) is 1.94. The fourth-order valence-corrected chi connectivity index (χ4v) is 1.99. The number of nitro benzene ring substituents is 1. The molecule has 1 heterocycles.